The molecule has 5 nitrogen and oxygen atoms in total. The summed E-state index contributed by atoms with van der Waals surface area (Å²) in [6.45, 7) is 3.79. The molecular weight excluding hydrogens is 244 g/mol. The van der Waals surface area contributed by atoms with Gasteiger partial charge in [0.2, 0.25) is 5.91 Å². The van der Waals surface area contributed by atoms with Crippen molar-refractivity contribution in [3.8, 4) is 0 Å². The summed E-state index contributed by atoms with van der Waals surface area (Å²) in [5.41, 5.74) is 7.28. The molecule has 0 saturated carbocycles. The van der Waals surface area contributed by atoms with Gasteiger partial charge in [-0.3, -0.25) is 4.79 Å². The molecule has 0 aliphatic carbocycles. The average molecular weight is 264 g/mol. The summed E-state index contributed by atoms with van der Waals surface area (Å²) in [7, 11) is 0. The molecular formula is C14H20N2O3. The molecule has 1 unspecified atom stereocenters. The van der Waals surface area contributed by atoms with Gasteiger partial charge in [0.15, 0.2) is 0 Å². The van der Waals surface area contributed by atoms with Crippen molar-refractivity contribution < 1.29 is 14.7 Å². The Morgan fingerprint density at radius 3 is 2.63 bits per heavy atom. The van der Waals surface area contributed by atoms with Crippen molar-refractivity contribution in [2.24, 2.45) is 5.73 Å². The summed E-state index contributed by atoms with van der Waals surface area (Å²) in [5.74, 6) is -1.22. The molecule has 1 rings (SSSR count). The zero-order chi connectivity index (χ0) is 14.4. The van der Waals surface area contributed by atoms with Crippen molar-refractivity contribution in [2.45, 2.75) is 39.2 Å². The molecule has 0 aliphatic rings. The Balaban J connectivity index is 2.72. The van der Waals surface area contributed by atoms with Crippen LogP contribution in [0, 0.1) is 6.92 Å². The molecule has 0 aliphatic heterocycles. The first-order valence-corrected chi connectivity index (χ1v) is 6.36. The number of carboxylic acid groups (broad SMARTS) is 1. The smallest absolute Gasteiger partial charge is 0.335 e. The second kappa shape index (κ2) is 6.89. The van der Waals surface area contributed by atoms with Crippen molar-refractivity contribution in [2.75, 3.05) is 5.32 Å². The molecule has 1 aromatic carbocycles. The van der Waals surface area contributed by atoms with E-state index < -0.39 is 12.0 Å². The van der Waals surface area contributed by atoms with E-state index in [0.717, 1.165) is 12.8 Å². The van der Waals surface area contributed by atoms with Crippen molar-refractivity contribution in [1.29, 1.82) is 0 Å². The lowest BCUT2D eigenvalue weighted by molar-refractivity contribution is -0.117. The number of benzene rings is 1. The highest BCUT2D eigenvalue weighted by atomic mass is 16.4. The minimum Gasteiger partial charge on any atom is -0.478 e. The van der Waals surface area contributed by atoms with Crippen molar-refractivity contribution >= 4 is 17.6 Å². The highest BCUT2D eigenvalue weighted by Gasteiger charge is 2.14. The van der Waals surface area contributed by atoms with Gasteiger partial charge >= 0.3 is 5.97 Å². The first kappa shape index (κ1) is 15.2. The Kier molecular flexibility index (Phi) is 5.51. The number of nitrogens with one attached hydrogen (secondary N) is 1. The Morgan fingerprint density at radius 1 is 1.42 bits per heavy atom. The van der Waals surface area contributed by atoms with Gasteiger partial charge in [0.1, 0.15) is 0 Å². The first-order chi connectivity index (χ1) is 8.95. The number of hydrogen-bond acceptors (Lipinski definition) is 3. The largest absolute Gasteiger partial charge is 0.478 e. The fourth-order valence-electron chi connectivity index (χ4n) is 1.72. The predicted octanol–water partition coefficient (Wildman–Crippen LogP) is 2.15. The summed E-state index contributed by atoms with van der Waals surface area (Å²) in [6, 6.07) is 4.04. The number of hydrogen-bond donors (Lipinski definition) is 3. The maximum atomic E-state index is 11.8. The third-order valence-corrected chi connectivity index (χ3v) is 2.94. The van der Waals surface area contributed by atoms with Crippen LogP contribution < -0.4 is 11.1 Å². The van der Waals surface area contributed by atoms with Crippen LogP contribution in [-0.2, 0) is 4.79 Å². The van der Waals surface area contributed by atoms with Gasteiger partial charge in [-0.1, -0.05) is 19.8 Å². The van der Waals surface area contributed by atoms with E-state index in [1.807, 2.05) is 6.92 Å². The lowest BCUT2D eigenvalue weighted by atomic mass is 10.1. The monoisotopic (exact) mass is 264 g/mol. The van der Waals surface area contributed by atoms with Crippen LogP contribution in [-0.4, -0.2) is 23.0 Å². The van der Waals surface area contributed by atoms with E-state index in [1.165, 1.54) is 12.1 Å². The molecule has 19 heavy (non-hydrogen) atoms. The van der Waals surface area contributed by atoms with E-state index in [2.05, 4.69) is 5.32 Å². The zero-order valence-electron chi connectivity index (χ0n) is 11.3. The van der Waals surface area contributed by atoms with Crippen LogP contribution in [0.15, 0.2) is 18.2 Å². The molecule has 0 bridgehead atoms. The Bertz CT molecular complexity index is 472. The fraction of sp³-hybridized carbons (Fsp3) is 0.429. The van der Waals surface area contributed by atoms with E-state index in [1.54, 1.807) is 13.0 Å². The number of nitrogens with two attached hydrogens (primary N) is 1. The van der Waals surface area contributed by atoms with Crippen molar-refractivity contribution in [3.63, 3.8) is 0 Å². The van der Waals surface area contributed by atoms with Crippen LogP contribution in [0.1, 0.15) is 42.1 Å². The number of carbonyl (C=O) groups excluding carboxylic acids is 1. The van der Waals surface area contributed by atoms with E-state index in [9.17, 15) is 9.59 Å². The van der Waals surface area contributed by atoms with Crippen molar-refractivity contribution in [3.05, 3.63) is 29.3 Å². The topological polar surface area (TPSA) is 92.4 Å². The molecule has 0 fully saturated rings. The summed E-state index contributed by atoms with van der Waals surface area (Å²) >= 11 is 0. The minimum atomic E-state index is -0.986. The van der Waals surface area contributed by atoms with E-state index in [0.29, 0.717) is 17.7 Å². The molecule has 0 spiro atoms. The van der Waals surface area contributed by atoms with Gasteiger partial charge in [-0.15, -0.1) is 0 Å². The summed E-state index contributed by atoms with van der Waals surface area (Å²) in [4.78, 5) is 22.6. The lowest BCUT2D eigenvalue weighted by Gasteiger charge is -2.13. The standard InChI is InChI=1S/C14H20N2O3/c1-3-4-5-11(15)13(17)16-12-7-6-10(14(18)19)8-9(12)2/h6-8,11H,3-5,15H2,1-2H3,(H,16,17)(H,18,19). The van der Waals surface area contributed by atoms with Gasteiger partial charge in [-0.05, 0) is 37.1 Å². The summed E-state index contributed by atoms with van der Waals surface area (Å²) in [6.07, 6.45) is 2.55. The van der Waals surface area contributed by atoms with Gasteiger partial charge in [0.25, 0.3) is 0 Å². The quantitative estimate of drug-likeness (QED) is 0.734. The van der Waals surface area contributed by atoms with E-state index >= 15 is 0 Å². The number of anilines is 1. The number of aromatic carboxylic acids is 1. The van der Waals surface area contributed by atoms with Gasteiger partial charge in [-0.2, -0.15) is 0 Å². The van der Waals surface area contributed by atoms with Crippen LogP contribution in [0.2, 0.25) is 0 Å². The Morgan fingerprint density at radius 2 is 2.11 bits per heavy atom. The van der Waals surface area contributed by atoms with Crippen LogP contribution in [0.4, 0.5) is 5.69 Å². The van der Waals surface area contributed by atoms with Gasteiger partial charge in [0, 0.05) is 5.69 Å². The molecule has 104 valence electrons. The molecule has 4 N–H and O–H groups in total. The molecule has 1 atom stereocenters. The number of carboxylic acids is 1. The number of unbranched alkanes of at least 4 members (excludes halogenated alkanes) is 1. The minimum absolute atomic E-state index is 0.200. The molecule has 1 aromatic rings. The Labute approximate surface area is 112 Å². The Hall–Kier alpha value is -1.88. The number of carbonyl (C=O) groups is 2. The molecule has 0 heterocycles. The van der Waals surface area contributed by atoms with Crippen LogP contribution in [0.5, 0.6) is 0 Å². The molecule has 1 amide bonds. The molecule has 5 heteroatoms. The van der Waals surface area contributed by atoms with Gasteiger partial charge < -0.3 is 16.2 Å². The van der Waals surface area contributed by atoms with E-state index in [4.69, 9.17) is 10.8 Å². The first-order valence-electron chi connectivity index (χ1n) is 6.36. The predicted molar refractivity (Wildman–Crippen MR) is 74.3 cm³/mol. The SMILES string of the molecule is CCCCC(N)C(=O)Nc1ccc(C(=O)O)cc1C. The highest BCUT2D eigenvalue weighted by molar-refractivity contribution is 5.96. The summed E-state index contributed by atoms with van der Waals surface area (Å²) in [5, 5.41) is 11.6. The lowest BCUT2D eigenvalue weighted by Crippen LogP contribution is -2.35. The summed E-state index contributed by atoms with van der Waals surface area (Å²) < 4.78 is 0. The maximum Gasteiger partial charge on any atom is 0.335 e. The van der Waals surface area contributed by atoms with Crippen LogP contribution in [0.3, 0.4) is 0 Å². The van der Waals surface area contributed by atoms with Crippen molar-refractivity contribution in [1.82, 2.24) is 0 Å². The maximum absolute atomic E-state index is 11.8. The van der Waals surface area contributed by atoms with Crippen LogP contribution in [0.25, 0.3) is 0 Å². The third kappa shape index (κ3) is 4.37. The van der Waals surface area contributed by atoms with Gasteiger partial charge in [-0.25, -0.2) is 4.79 Å². The third-order valence-electron chi connectivity index (χ3n) is 2.94. The van der Waals surface area contributed by atoms with E-state index in [-0.39, 0.29) is 11.5 Å². The number of amides is 1. The second-order valence-corrected chi connectivity index (χ2v) is 4.57. The zero-order valence-corrected chi connectivity index (χ0v) is 11.3. The van der Waals surface area contributed by atoms with Crippen LogP contribution >= 0.6 is 0 Å². The molecule has 0 radical (unpaired) electrons. The molecule has 0 saturated heterocycles. The van der Waals surface area contributed by atoms with Gasteiger partial charge in [0.05, 0.1) is 11.6 Å². The number of rotatable bonds is 6. The fourth-order valence-corrected chi connectivity index (χ4v) is 1.72. The second-order valence-electron chi connectivity index (χ2n) is 4.57. The average Bonchev–Trinajstić information content (AvgIpc) is 2.37. The highest BCUT2D eigenvalue weighted by Crippen LogP contribution is 2.17. The molecule has 0 aromatic heterocycles. The number of aryl methyl sites for hydroxylation is 1. The normalized spacial score (nSPS) is 11.9.